The lowest BCUT2D eigenvalue weighted by Crippen LogP contribution is -2.34. The van der Waals surface area contributed by atoms with Crippen molar-refractivity contribution in [1.82, 2.24) is 0 Å². The van der Waals surface area contributed by atoms with Gasteiger partial charge in [-0.15, -0.1) is 0 Å². The fraction of sp³-hybridized carbons (Fsp3) is 0.500. The Labute approximate surface area is 118 Å². The van der Waals surface area contributed by atoms with Gasteiger partial charge in [0.05, 0.1) is 0 Å². The predicted molar refractivity (Wildman–Crippen MR) is 79.2 cm³/mol. The molecule has 1 aliphatic carbocycles. The number of amidine groups is 1. The zero-order valence-corrected chi connectivity index (χ0v) is 11.9. The molecule has 0 heterocycles. The van der Waals surface area contributed by atoms with Crippen LogP contribution in [0.1, 0.15) is 38.2 Å². The van der Waals surface area contributed by atoms with E-state index in [1.165, 1.54) is 25.7 Å². The standard InChI is InChI=1S/C14H20ClN3O/c1-2-18(11-5-3-4-6-11)13-9-10(15)7-8-12(13)14(16)17-19/h7-9,11,19H,2-6H2,1H3,(H2,16,17). The Morgan fingerprint density at radius 2 is 2.16 bits per heavy atom. The highest BCUT2D eigenvalue weighted by atomic mass is 35.5. The van der Waals surface area contributed by atoms with Crippen LogP contribution in [0.5, 0.6) is 0 Å². The maximum Gasteiger partial charge on any atom is 0.172 e. The summed E-state index contributed by atoms with van der Waals surface area (Å²) < 4.78 is 0. The van der Waals surface area contributed by atoms with Gasteiger partial charge in [0.2, 0.25) is 0 Å². The van der Waals surface area contributed by atoms with E-state index >= 15 is 0 Å². The van der Waals surface area contributed by atoms with Crippen molar-refractivity contribution in [3.05, 3.63) is 28.8 Å². The third-order valence-corrected chi connectivity index (χ3v) is 3.99. The fourth-order valence-electron chi connectivity index (χ4n) is 2.85. The van der Waals surface area contributed by atoms with Crippen LogP contribution in [0.2, 0.25) is 5.02 Å². The molecule has 0 atom stereocenters. The van der Waals surface area contributed by atoms with Crippen molar-refractivity contribution >= 4 is 23.1 Å². The van der Waals surface area contributed by atoms with Crippen LogP contribution in [-0.2, 0) is 0 Å². The van der Waals surface area contributed by atoms with Crippen LogP contribution in [0.25, 0.3) is 0 Å². The lowest BCUT2D eigenvalue weighted by molar-refractivity contribution is 0.318. The molecule has 1 aliphatic rings. The second kappa shape index (κ2) is 6.15. The van der Waals surface area contributed by atoms with Gasteiger partial charge in [-0.3, -0.25) is 0 Å². The Morgan fingerprint density at radius 1 is 1.47 bits per heavy atom. The summed E-state index contributed by atoms with van der Waals surface area (Å²) in [6.45, 7) is 3.01. The highest BCUT2D eigenvalue weighted by Gasteiger charge is 2.24. The van der Waals surface area contributed by atoms with Gasteiger partial charge in [-0.1, -0.05) is 29.6 Å². The lowest BCUT2D eigenvalue weighted by Gasteiger charge is -2.31. The first-order chi connectivity index (χ1) is 9.17. The van der Waals surface area contributed by atoms with Crippen LogP contribution >= 0.6 is 11.6 Å². The molecular formula is C14H20ClN3O. The Hall–Kier alpha value is -1.42. The predicted octanol–water partition coefficient (Wildman–Crippen LogP) is 3.20. The van der Waals surface area contributed by atoms with E-state index in [9.17, 15) is 0 Å². The monoisotopic (exact) mass is 281 g/mol. The van der Waals surface area contributed by atoms with E-state index in [1.807, 2.05) is 12.1 Å². The maximum atomic E-state index is 8.91. The number of hydrogen-bond donors (Lipinski definition) is 2. The van der Waals surface area contributed by atoms with Gasteiger partial charge in [0.25, 0.3) is 0 Å². The summed E-state index contributed by atoms with van der Waals surface area (Å²) in [6, 6.07) is 6.00. The van der Waals surface area contributed by atoms with Gasteiger partial charge in [0.1, 0.15) is 0 Å². The molecule has 1 aromatic carbocycles. The quantitative estimate of drug-likeness (QED) is 0.386. The smallest absolute Gasteiger partial charge is 0.172 e. The second-order valence-corrected chi connectivity index (χ2v) is 5.31. The summed E-state index contributed by atoms with van der Waals surface area (Å²) >= 11 is 6.10. The highest BCUT2D eigenvalue weighted by Crippen LogP contribution is 2.32. The summed E-state index contributed by atoms with van der Waals surface area (Å²) in [5, 5.41) is 12.7. The minimum absolute atomic E-state index is 0.128. The van der Waals surface area contributed by atoms with Crippen LogP contribution in [0.4, 0.5) is 5.69 Å². The fourth-order valence-corrected chi connectivity index (χ4v) is 3.02. The normalized spacial score (nSPS) is 16.8. The summed E-state index contributed by atoms with van der Waals surface area (Å²) in [4.78, 5) is 2.31. The molecule has 0 aromatic heterocycles. The molecule has 0 spiro atoms. The first-order valence-electron chi connectivity index (χ1n) is 6.71. The number of benzene rings is 1. The zero-order valence-electron chi connectivity index (χ0n) is 11.1. The topological polar surface area (TPSA) is 61.8 Å². The molecule has 0 bridgehead atoms. The summed E-state index contributed by atoms with van der Waals surface area (Å²) in [6.07, 6.45) is 4.91. The number of rotatable bonds is 4. The number of hydrogen-bond acceptors (Lipinski definition) is 3. The van der Waals surface area contributed by atoms with Gasteiger partial charge in [0.15, 0.2) is 5.84 Å². The van der Waals surface area contributed by atoms with E-state index in [-0.39, 0.29) is 5.84 Å². The number of nitrogens with zero attached hydrogens (tertiary/aromatic N) is 2. The van der Waals surface area contributed by atoms with Crippen LogP contribution in [0.15, 0.2) is 23.4 Å². The van der Waals surface area contributed by atoms with E-state index in [1.54, 1.807) is 6.07 Å². The first-order valence-corrected chi connectivity index (χ1v) is 7.09. The first kappa shape index (κ1) is 14.0. The molecule has 4 nitrogen and oxygen atoms in total. The molecule has 5 heteroatoms. The van der Waals surface area contributed by atoms with E-state index in [4.69, 9.17) is 22.5 Å². The van der Waals surface area contributed by atoms with Gasteiger partial charge in [-0.05, 0) is 38.0 Å². The third-order valence-electron chi connectivity index (χ3n) is 3.76. The molecule has 104 valence electrons. The van der Waals surface area contributed by atoms with E-state index < -0.39 is 0 Å². The van der Waals surface area contributed by atoms with Gasteiger partial charge >= 0.3 is 0 Å². The van der Waals surface area contributed by atoms with Crippen molar-refractivity contribution < 1.29 is 5.21 Å². The summed E-state index contributed by atoms with van der Waals surface area (Å²) in [7, 11) is 0. The summed E-state index contributed by atoms with van der Waals surface area (Å²) in [5.74, 6) is 0.128. The van der Waals surface area contributed by atoms with Crippen molar-refractivity contribution in [3.8, 4) is 0 Å². The molecule has 0 aliphatic heterocycles. The molecule has 1 saturated carbocycles. The van der Waals surface area contributed by atoms with Crippen LogP contribution in [0, 0.1) is 0 Å². The second-order valence-electron chi connectivity index (χ2n) is 4.87. The van der Waals surface area contributed by atoms with Gasteiger partial charge in [0, 0.05) is 28.9 Å². The highest BCUT2D eigenvalue weighted by molar-refractivity contribution is 6.31. The Morgan fingerprint density at radius 3 is 2.74 bits per heavy atom. The average molecular weight is 282 g/mol. The van der Waals surface area contributed by atoms with Crippen LogP contribution < -0.4 is 10.6 Å². The van der Waals surface area contributed by atoms with E-state index in [0.29, 0.717) is 11.1 Å². The largest absolute Gasteiger partial charge is 0.409 e. The van der Waals surface area contributed by atoms with Crippen LogP contribution in [0.3, 0.4) is 0 Å². The van der Waals surface area contributed by atoms with E-state index in [0.717, 1.165) is 17.8 Å². The minimum Gasteiger partial charge on any atom is -0.409 e. The summed E-state index contributed by atoms with van der Waals surface area (Å²) in [5.41, 5.74) is 7.46. The third kappa shape index (κ3) is 2.95. The molecule has 0 unspecified atom stereocenters. The molecule has 2 rings (SSSR count). The van der Waals surface area contributed by atoms with Crippen molar-refractivity contribution in [1.29, 1.82) is 0 Å². The molecule has 0 saturated heterocycles. The van der Waals surface area contributed by atoms with Crippen molar-refractivity contribution in [2.24, 2.45) is 10.9 Å². The van der Waals surface area contributed by atoms with Gasteiger partial charge in [-0.2, -0.15) is 0 Å². The average Bonchev–Trinajstić information content (AvgIpc) is 2.93. The molecule has 1 aromatic rings. The van der Waals surface area contributed by atoms with Crippen LogP contribution in [-0.4, -0.2) is 23.6 Å². The molecule has 0 amide bonds. The van der Waals surface area contributed by atoms with Crippen molar-refractivity contribution in [2.45, 2.75) is 38.6 Å². The maximum absolute atomic E-state index is 8.91. The zero-order chi connectivity index (χ0) is 13.8. The van der Waals surface area contributed by atoms with Gasteiger partial charge < -0.3 is 15.8 Å². The van der Waals surface area contributed by atoms with Gasteiger partial charge in [-0.25, -0.2) is 0 Å². The van der Waals surface area contributed by atoms with Crippen molar-refractivity contribution in [3.63, 3.8) is 0 Å². The molecule has 1 fully saturated rings. The number of anilines is 1. The minimum atomic E-state index is 0.128. The molecule has 3 N–H and O–H groups in total. The Bertz CT molecular complexity index is 470. The number of oxime groups is 1. The number of halogens is 1. The number of nitrogens with two attached hydrogens (primary N) is 1. The Kier molecular flexibility index (Phi) is 4.53. The Balaban J connectivity index is 2.42. The van der Waals surface area contributed by atoms with E-state index in [2.05, 4.69) is 17.0 Å². The lowest BCUT2D eigenvalue weighted by atomic mass is 10.1. The SMILES string of the molecule is CCN(c1cc(Cl)ccc1C(N)=NO)C1CCCC1. The molecular weight excluding hydrogens is 262 g/mol. The van der Waals surface area contributed by atoms with Crippen molar-refractivity contribution in [2.75, 3.05) is 11.4 Å². The molecule has 0 radical (unpaired) electrons. The molecule has 19 heavy (non-hydrogen) atoms.